The van der Waals surface area contributed by atoms with Gasteiger partial charge < -0.3 is 10.2 Å². The van der Waals surface area contributed by atoms with Crippen LogP contribution in [0.4, 0.5) is 17.2 Å². The van der Waals surface area contributed by atoms with Gasteiger partial charge in [0.1, 0.15) is 18.1 Å². The SMILES string of the molecule is Cc1cc(NC2CCN(c3cccc(Cl)c3)C2=O)ncc1[N+](=O)[O-]. The van der Waals surface area contributed by atoms with Crippen LogP contribution in [0.1, 0.15) is 12.0 Å². The molecule has 0 bridgehead atoms. The summed E-state index contributed by atoms with van der Waals surface area (Å²) in [6.07, 6.45) is 1.81. The largest absolute Gasteiger partial charge is 0.358 e. The summed E-state index contributed by atoms with van der Waals surface area (Å²) in [5.74, 6) is 0.375. The molecule has 2 aromatic rings. The second-order valence-corrected chi connectivity index (χ2v) is 6.00. The molecule has 24 heavy (non-hydrogen) atoms. The van der Waals surface area contributed by atoms with Crippen molar-refractivity contribution in [3.8, 4) is 0 Å². The van der Waals surface area contributed by atoms with Crippen LogP contribution in [0.15, 0.2) is 36.5 Å². The lowest BCUT2D eigenvalue weighted by Crippen LogP contribution is -2.33. The highest BCUT2D eigenvalue weighted by molar-refractivity contribution is 6.31. The molecule has 0 spiro atoms. The minimum Gasteiger partial charge on any atom is -0.358 e. The van der Waals surface area contributed by atoms with Crippen LogP contribution in [0.3, 0.4) is 0 Å². The van der Waals surface area contributed by atoms with Crippen LogP contribution >= 0.6 is 11.6 Å². The molecular weight excluding hydrogens is 332 g/mol. The molecule has 0 saturated carbocycles. The molecule has 1 fully saturated rings. The molecule has 3 rings (SSSR count). The van der Waals surface area contributed by atoms with Gasteiger partial charge in [0, 0.05) is 22.8 Å². The van der Waals surface area contributed by atoms with Crippen LogP contribution < -0.4 is 10.2 Å². The molecule has 1 saturated heterocycles. The number of nitro groups is 1. The molecule has 1 amide bonds. The van der Waals surface area contributed by atoms with Gasteiger partial charge in [-0.3, -0.25) is 14.9 Å². The monoisotopic (exact) mass is 346 g/mol. The third-order valence-corrected chi connectivity index (χ3v) is 4.16. The number of hydrogen-bond acceptors (Lipinski definition) is 5. The van der Waals surface area contributed by atoms with Crippen molar-refractivity contribution < 1.29 is 9.72 Å². The summed E-state index contributed by atoms with van der Waals surface area (Å²) in [5, 5.41) is 14.5. The number of anilines is 2. The topological polar surface area (TPSA) is 88.4 Å². The number of aromatic nitrogens is 1. The molecule has 7 nitrogen and oxygen atoms in total. The zero-order valence-corrected chi connectivity index (χ0v) is 13.7. The van der Waals surface area contributed by atoms with Crippen molar-refractivity contribution in [2.24, 2.45) is 0 Å². The lowest BCUT2D eigenvalue weighted by atomic mass is 10.2. The van der Waals surface area contributed by atoms with Gasteiger partial charge in [-0.15, -0.1) is 0 Å². The zero-order valence-electron chi connectivity index (χ0n) is 12.9. The summed E-state index contributed by atoms with van der Waals surface area (Å²) < 4.78 is 0. The lowest BCUT2D eigenvalue weighted by molar-refractivity contribution is -0.385. The second kappa shape index (κ2) is 6.45. The van der Waals surface area contributed by atoms with E-state index in [4.69, 9.17) is 11.6 Å². The van der Waals surface area contributed by atoms with Crippen LogP contribution in [-0.2, 0) is 4.79 Å². The highest BCUT2D eigenvalue weighted by atomic mass is 35.5. The van der Waals surface area contributed by atoms with E-state index >= 15 is 0 Å². The van der Waals surface area contributed by atoms with E-state index in [1.807, 2.05) is 6.07 Å². The summed E-state index contributed by atoms with van der Waals surface area (Å²) in [6, 6.07) is 8.29. The maximum Gasteiger partial charge on any atom is 0.290 e. The predicted molar refractivity (Wildman–Crippen MR) is 91.5 cm³/mol. The lowest BCUT2D eigenvalue weighted by Gasteiger charge is -2.17. The quantitative estimate of drug-likeness (QED) is 0.678. The Bertz CT molecular complexity index is 812. The highest BCUT2D eigenvalue weighted by Crippen LogP contribution is 2.26. The number of hydrogen-bond donors (Lipinski definition) is 1. The number of rotatable bonds is 4. The smallest absolute Gasteiger partial charge is 0.290 e. The number of amides is 1. The average molecular weight is 347 g/mol. The third kappa shape index (κ3) is 3.16. The van der Waals surface area contributed by atoms with Crippen molar-refractivity contribution in [3.05, 3.63) is 57.2 Å². The molecule has 1 aliphatic heterocycles. The normalized spacial score (nSPS) is 17.2. The van der Waals surface area contributed by atoms with E-state index in [9.17, 15) is 14.9 Å². The molecular formula is C16H15ClN4O3. The molecule has 0 radical (unpaired) electrons. The first-order chi connectivity index (χ1) is 11.5. The van der Waals surface area contributed by atoms with Crippen molar-refractivity contribution in [3.63, 3.8) is 0 Å². The summed E-state index contributed by atoms with van der Waals surface area (Å²) in [5.41, 5.74) is 1.21. The van der Waals surface area contributed by atoms with E-state index in [0.717, 1.165) is 5.69 Å². The highest BCUT2D eigenvalue weighted by Gasteiger charge is 2.33. The van der Waals surface area contributed by atoms with Gasteiger partial charge in [0.25, 0.3) is 5.69 Å². The third-order valence-electron chi connectivity index (χ3n) is 3.93. The van der Waals surface area contributed by atoms with E-state index in [0.29, 0.717) is 29.4 Å². The molecule has 2 heterocycles. The predicted octanol–water partition coefficient (Wildman–Crippen LogP) is 3.17. The first-order valence-corrected chi connectivity index (χ1v) is 7.78. The minimum absolute atomic E-state index is 0.0427. The summed E-state index contributed by atoms with van der Waals surface area (Å²) in [6.45, 7) is 2.21. The van der Waals surface area contributed by atoms with E-state index in [2.05, 4.69) is 10.3 Å². The van der Waals surface area contributed by atoms with E-state index in [1.54, 1.807) is 36.1 Å². The first kappa shape index (κ1) is 16.2. The second-order valence-electron chi connectivity index (χ2n) is 5.57. The molecule has 1 atom stereocenters. The average Bonchev–Trinajstić information content (AvgIpc) is 2.88. The number of carbonyl (C=O) groups is 1. The van der Waals surface area contributed by atoms with Gasteiger partial charge in [0.15, 0.2) is 0 Å². The number of nitrogens with one attached hydrogen (secondary N) is 1. The van der Waals surface area contributed by atoms with Crippen molar-refractivity contribution >= 4 is 34.7 Å². The van der Waals surface area contributed by atoms with Crippen LogP contribution in [-0.4, -0.2) is 28.4 Å². The van der Waals surface area contributed by atoms with Gasteiger partial charge in [-0.25, -0.2) is 4.98 Å². The molecule has 0 aliphatic carbocycles. The van der Waals surface area contributed by atoms with Gasteiger partial charge in [-0.05, 0) is 37.6 Å². The van der Waals surface area contributed by atoms with Gasteiger partial charge in [-0.1, -0.05) is 17.7 Å². The Labute approximate surface area is 143 Å². The molecule has 8 heteroatoms. The fourth-order valence-corrected chi connectivity index (χ4v) is 2.90. The van der Waals surface area contributed by atoms with Crippen molar-refractivity contribution in [2.45, 2.75) is 19.4 Å². The Balaban J connectivity index is 1.74. The molecule has 1 aliphatic rings. The number of pyridine rings is 1. The van der Waals surface area contributed by atoms with Crippen LogP contribution in [0.5, 0.6) is 0 Å². The minimum atomic E-state index is -0.478. The van der Waals surface area contributed by atoms with E-state index in [1.165, 1.54) is 6.20 Å². The van der Waals surface area contributed by atoms with E-state index < -0.39 is 11.0 Å². The molecule has 1 unspecified atom stereocenters. The summed E-state index contributed by atoms with van der Waals surface area (Å²) >= 11 is 5.98. The van der Waals surface area contributed by atoms with E-state index in [-0.39, 0.29) is 11.6 Å². The Morgan fingerprint density at radius 3 is 2.88 bits per heavy atom. The number of benzene rings is 1. The molecule has 1 aromatic heterocycles. The zero-order chi connectivity index (χ0) is 17.3. The van der Waals surface area contributed by atoms with Crippen molar-refractivity contribution in [2.75, 3.05) is 16.8 Å². The fourth-order valence-electron chi connectivity index (χ4n) is 2.71. The van der Waals surface area contributed by atoms with Crippen LogP contribution in [0.2, 0.25) is 5.02 Å². The first-order valence-electron chi connectivity index (χ1n) is 7.40. The van der Waals surface area contributed by atoms with Crippen LogP contribution in [0, 0.1) is 17.0 Å². The Morgan fingerprint density at radius 1 is 1.42 bits per heavy atom. The molecule has 124 valence electrons. The Kier molecular flexibility index (Phi) is 4.35. The summed E-state index contributed by atoms with van der Waals surface area (Å²) in [7, 11) is 0. The van der Waals surface area contributed by atoms with Gasteiger partial charge in [0.05, 0.1) is 4.92 Å². The fraction of sp³-hybridized carbons (Fsp3) is 0.250. The maximum absolute atomic E-state index is 12.6. The number of halogens is 1. The van der Waals surface area contributed by atoms with Gasteiger partial charge >= 0.3 is 0 Å². The maximum atomic E-state index is 12.6. The molecule has 1 N–H and O–H groups in total. The van der Waals surface area contributed by atoms with Crippen molar-refractivity contribution in [1.82, 2.24) is 4.98 Å². The molecule has 1 aromatic carbocycles. The number of carbonyl (C=O) groups excluding carboxylic acids is 1. The standard InChI is InChI=1S/C16H15ClN4O3/c1-10-7-15(18-9-14(10)21(23)24)19-13-5-6-20(16(13)22)12-4-2-3-11(17)8-12/h2-4,7-9,13H,5-6H2,1H3,(H,18,19). The summed E-state index contributed by atoms with van der Waals surface area (Å²) in [4.78, 5) is 28.6. The van der Waals surface area contributed by atoms with Crippen molar-refractivity contribution in [1.29, 1.82) is 0 Å². The number of aryl methyl sites for hydroxylation is 1. The van der Waals surface area contributed by atoms with Gasteiger partial charge in [-0.2, -0.15) is 0 Å². The van der Waals surface area contributed by atoms with Crippen LogP contribution in [0.25, 0.3) is 0 Å². The Morgan fingerprint density at radius 2 is 2.21 bits per heavy atom. The van der Waals surface area contributed by atoms with Gasteiger partial charge in [0.2, 0.25) is 5.91 Å². The number of nitrogens with zero attached hydrogens (tertiary/aromatic N) is 3. The Hall–Kier alpha value is -2.67.